The average Bonchev–Trinajstić information content (AvgIpc) is 3.19. The molecule has 0 amide bonds. The van der Waals surface area contributed by atoms with E-state index in [1.54, 1.807) is 28.0 Å². The van der Waals surface area contributed by atoms with E-state index in [-0.39, 0.29) is 35.8 Å². The largest absolute Gasteiger partial charge is 0.497 e. The number of methoxy groups -OCH3 is 1. The molecule has 2 aliphatic rings. The maximum Gasteiger partial charge on any atom is 0.193 e. The Morgan fingerprint density at radius 2 is 2.00 bits per heavy atom. The summed E-state index contributed by atoms with van der Waals surface area (Å²) in [6, 6.07) is 5.88. The van der Waals surface area contributed by atoms with Crippen molar-refractivity contribution in [1.82, 2.24) is 10.2 Å². The molecule has 1 saturated heterocycles. The molecule has 1 aromatic rings. The van der Waals surface area contributed by atoms with Crippen LogP contribution in [0.3, 0.4) is 0 Å². The van der Waals surface area contributed by atoms with Gasteiger partial charge in [-0.1, -0.05) is 0 Å². The SMILES string of the molecule is CN=C(NCc1ccc(OC)cc1OC1CCCC1)N1CCS(=O)(=O)C(C)(C)C1.I. The molecule has 1 saturated carbocycles. The summed E-state index contributed by atoms with van der Waals surface area (Å²) >= 11 is 0. The van der Waals surface area contributed by atoms with Crippen LogP contribution in [-0.4, -0.2) is 63.1 Å². The van der Waals surface area contributed by atoms with Gasteiger partial charge in [0.25, 0.3) is 0 Å². The number of aliphatic imine (C=N–C) groups is 1. The monoisotopic (exact) mass is 551 g/mol. The van der Waals surface area contributed by atoms with Crippen LogP contribution in [0.2, 0.25) is 0 Å². The van der Waals surface area contributed by atoms with Crippen molar-refractivity contribution in [2.75, 3.05) is 33.0 Å². The van der Waals surface area contributed by atoms with Gasteiger partial charge in [0, 0.05) is 38.3 Å². The van der Waals surface area contributed by atoms with Crippen molar-refractivity contribution in [2.24, 2.45) is 4.99 Å². The van der Waals surface area contributed by atoms with Crippen molar-refractivity contribution in [3.8, 4) is 11.5 Å². The molecule has 30 heavy (non-hydrogen) atoms. The van der Waals surface area contributed by atoms with Crippen LogP contribution in [0.25, 0.3) is 0 Å². The van der Waals surface area contributed by atoms with Gasteiger partial charge >= 0.3 is 0 Å². The van der Waals surface area contributed by atoms with Crippen LogP contribution in [0.5, 0.6) is 11.5 Å². The summed E-state index contributed by atoms with van der Waals surface area (Å²) in [5, 5.41) is 3.38. The second kappa shape index (κ2) is 10.4. The maximum atomic E-state index is 12.3. The average molecular weight is 551 g/mol. The number of hydrogen-bond acceptors (Lipinski definition) is 5. The number of nitrogens with zero attached hydrogens (tertiary/aromatic N) is 2. The molecule has 0 unspecified atom stereocenters. The molecule has 0 radical (unpaired) electrons. The van der Waals surface area contributed by atoms with E-state index in [0.717, 1.165) is 29.9 Å². The minimum Gasteiger partial charge on any atom is -0.497 e. The summed E-state index contributed by atoms with van der Waals surface area (Å²) in [6.07, 6.45) is 4.85. The number of ether oxygens (including phenoxy) is 2. The van der Waals surface area contributed by atoms with E-state index in [0.29, 0.717) is 25.6 Å². The molecule has 1 N–H and O–H groups in total. The van der Waals surface area contributed by atoms with E-state index in [9.17, 15) is 8.42 Å². The van der Waals surface area contributed by atoms with Crippen LogP contribution in [0.15, 0.2) is 23.2 Å². The van der Waals surface area contributed by atoms with Crippen molar-refractivity contribution in [3.05, 3.63) is 23.8 Å². The van der Waals surface area contributed by atoms with Gasteiger partial charge in [0.05, 0.1) is 23.7 Å². The van der Waals surface area contributed by atoms with Crippen LogP contribution in [-0.2, 0) is 16.4 Å². The van der Waals surface area contributed by atoms with Crippen LogP contribution in [0, 0.1) is 0 Å². The molecule has 1 aliphatic heterocycles. The second-order valence-corrected chi connectivity index (χ2v) is 11.1. The van der Waals surface area contributed by atoms with Gasteiger partial charge in [0.15, 0.2) is 15.8 Å². The van der Waals surface area contributed by atoms with Crippen molar-refractivity contribution < 1.29 is 17.9 Å². The van der Waals surface area contributed by atoms with E-state index < -0.39 is 14.6 Å². The van der Waals surface area contributed by atoms with Crippen LogP contribution >= 0.6 is 24.0 Å². The molecule has 1 aromatic carbocycles. The third-order valence-electron chi connectivity index (χ3n) is 5.86. The third kappa shape index (κ3) is 5.72. The first-order chi connectivity index (χ1) is 13.8. The van der Waals surface area contributed by atoms with Crippen molar-refractivity contribution in [3.63, 3.8) is 0 Å². The van der Waals surface area contributed by atoms with Gasteiger partial charge in [0.1, 0.15) is 11.5 Å². The van der Waals surface area contributed by atoms with E-state index in [4.69, 9.17) is 9.47 Å². The lowest BCUT2D eigenvalue weighted by Crippen LogP contribution is -2.57. The second-order valence-electron chi connectivity index (χ2n) is 8.40. The summed E-state index contributed by atoms with van der Waals surface area (Å²) in [7, 11) is 0.289. The van der Waals surface area contributed by atoms with Crippen LogP contribution in [0.4, 0.5) is 0 Å². The lowest BCUT2D eigenvalue weighted by molar-refractivity contribution is 0.207. The Labute approximate surface area is 197 Å². The zero-order valence-electron chi connectivity index (χ0n) is 18.3. The molecule has 0 aromatic heterocycles. The van der Waals surface area contributed by atoms with Gasteiger partial charge in [-0.25, -0.2) is 8.42 Å². The normalized spacial score (nSPS) is 21.1. The molecule has 9 heteroatoms. The standard InChI is InChI=1S/C21H33N3O4S.HI/c1-21(2)15-24(11-12-29(21,25)26)20(22-3)23-14-16-9-10-18(27-4)13-19(16)28-17-7-5-6-8-17;/h9-10,13,17H,5-8,11-12,14-15H2,1-4H3,(H,22,23);1H. The Balaban J connectivity index is 0.00000320. The maximum absolute atomic E-state index is 12.3. The zero-order chi connectivity index (χ0) is 21.1. The summed E-state index contributed by atoms with van der Waals surface area (Å²) in [5.74, 6) is 2.45. The quantitative estimate of drug-likeness (QED) is 0.344. The van der Waals surface area contributed by atoms with E-state index >= 15 is 0 Å². The zero-order valence-corrected chi connectivity index (χ0v) is 21.5. The molecule has 0 atom stereocenters. The van der Waals surface area contributed by atoms with E-state index in [1.165, 1.54) is 12.8 Å². The summed E-state index contributed by atoms with van der Waals surface area (Å²) in [6.45, 7) is 4.96. The lowest BCUT2D eigenvalue weighted by Gasteiger charge is -2.39. The summed E-state index contributed by atoms with van der Waals surface area (Å²) < 4.78 is 35.4. The topological polar surface area (TPSA) is 80.2 Å². The number of benzene rings is 1. The number of nitrogens with one attached hydrogen (secondary N) is 1. The Hall–Kier alpha value is -1.23. The molecular weight excluding hydrogens is 517 g/mol. The van der Waals surface area contributed by atoms with Gasteiger partial charge in [-0.05, 0) is 51.7 Å². The van der Waals surface area contributed by atoms with Gasteiger partial charge in [0.2, 0.25) is 0 Å². The van der Waals surface area contributed by atoms with Gasteiger partial charge in [-0.2, -0.15) is 0 Å². The molecule has 0 spiro atoms. The highest BCUT2D eigenvalue weighted by Gasteiger charge is 2.41. The van der Waals surface area contributed by atoms with Crippen LogP contribution in [0.1, 0.15) is 45.1 Å². The Morgan fingerprint density at radius 3 is 2.60 bits per heavy atom. The van der Waals surface area contributed by atoms with E-state index in [1.807, 2.05) is 23.1 Å². The fraction of sp³-hybridized carbons (Fsp3) is 0.667. The van der Waals surface area contributed by atoms with Gasteiger partial charge in [-0.3, -0.25) is 4.99 Å². The molecule has 0 bridgehead atoms. The van der Waals surface area contributed by atoms with Crippen molar-refractivity contribution >= 4 is 39.8 Å². The number of halogens is 1. The Kier molecular flexibility index (Phi) is 8.67. The van der Waals surface area contributed by atoms with Gasteiger partial charge < -0.3 is 19.7 Å². The minimum absolute atomic E-state index is 0. The lowest BCUT2D eigenvalue weighted by atomic mass is 10.1. The predicted octanol–water partition coefficient (Wildman–Crippen LogP) is 3.22. The van der Waals surface area contributed by atoms with Crippen molar-refractivity contribution in [1.29, 1.82) is 0 Å². The first-order valence-electron chi connectivity index (χ1n) is 10.3. The molecule has 1 heterocycles. The fourth-order valence-electron chi connectivity index (χ4n) is 3.93. The smallest absolute Gasteiger partial charge is 0.193 e. The first-order valence-corrected chi connectivity index (χ1v) is 11.9. The Morgan fingerprint density at radius 1 is 1.30 bits per heavy atom. The molecule has 2 fully saturated rings. The predicted molar refractivity (Wildman–Crippen MR) is 131 cm³/mol. The fourth-order valence-corrected chi connectivity index (χ4v) is 5.30. The highest BCUT2D eigenvalue weighted by atomic mass is 127. The molecular formula is C21H34IN3O4S. The summed E-state index contributed by atoms with van der Waals surface area (Å²) in [4.78, 5) is 6.39. The number of sulfone groups is 1. The highest BCUT2D eigenvalue weighted by molar-refractivity contribution is 14.0. The highest BCUT2D eigenvalue weighted by Crippen LogP contribution is 2.30. The molecule has 7 nitrogen and oxygen atoms in total. The number of rotatable bonds is 5. The number of hydrogen-bond donors (Lipinski definition) is 1. The summed E-state index contributed by atoms with van der Waals surface area (Å²) in [5.41, 5.74) is 1.03. The molecule has 1 aliphatic carbocycles. The Bertz CT molecular complexity index is 852. The minimum atomic E-state index is -3.09. The number of guanidine groups is 1. The van der Waals surface area contributed by atoms with Gasteiger partial charge in [-0.15, -0.1) is 24.0 Å². The van der Waals surface area contributed by atoms with Crippen molar-refractivity contribution in [2.45, 2.75) is 56.9 Å². The third-order valence-corrected chi connectivity index (χ3v) is 8.39. The van der Waals surface area contributed by atoms with E-state index in [2.05, 4.69) is 10.3 Å². The molecule has 170 valence electrons. The first kappa shape index (κ1) is 25.0. The molecule has 3 rings (SSSR count). The van der Waals surface area contributed by atoms with Crippen LogP contribution < -0.4 is 14.8 Å².